The van der Waals surface area contributed by atoms with Gasteiger partial charge in [-0.1, -0.05) is 12.0 Å². The van der Waals surface area contributed by atoms with Gasteiger partial charge >= 0.3 is 0 Å². The van der Waals surface area contributed by atoms with Crippen LogP contribution >= 0.6 is 24.0 Å². The number of nitrogens with one attached hydrogen (secondary N) is 3. The van der Waals surface area contributed by atoms with Crippen LogP contribution in [0.4, 0.5) is 5.69 Å². The smallest absolute Gasteiger partial charge is 0.243 e. The van der Waals surface area contributed by atoms with Crippen molar-refractivity contribution >= 4 is 41.5 Å². The molecule has 0 radical (unpaired) electrons. The molecule has 8 heteroatoms. The number of aryl methyl sites for hydroxylation is 2. The fourth-order valence-corrected chi connectivity index (χ4v) is 2.52. The van der Waals surface area contributed by atoms with Crippen LogP contribution in [0.1, 0.15) is 22.5 Å². The molecular formula is C19H25IN6O. The van der Waals surface area contributed by atoms with Crippen LogP contribution in [0.25, 0.3) is 0 Å². The molecule has 0 atom stereocenters. The largest absolute Gasteiger partial charge is 0.352 e. The minimum atomic E-state index is -0.184. The second-order valence-corrected chi connectivity index (χ2v) is 5.83. The fourth-order valence-electron chi connectivity index (χ4n) is 2.52. The molecule has 7 nitrogen and oxygen atoms in total. The maximum absolute atomic E-state index is 12.1. The van der Waals surface area contributed by atoms with Crippen LogP contribution < -0.4 is 16.0 Å². The maximum atomic E-state index is 12.1. The molecular weight excluding hydrogens is 455 g/mol. The van der Waals surface area contributed by atoms with E-state index in [9.17, 15) is 4.79 Å². The first kappa shape index (κ1) is 22.5. The highest BCUT2D eigenvalue weighted by Gasteiger charge is 2.10. The van der Waals surface area contributed by atoms with Gasteiger partial charge in [-0.05, 0) is 32.0 Å². The molecule has 2 rings (SSSR count). The Morgan fingerprint density at radius 2 is 2.07 bits per heavy atom. The van der Waals surface area contributed by atoms with E-state index in [1.165, 1.54) is 0 Å². The molecule has 0 aliphatic heterocycles. The van der Waals surface area contributed by atoms with Gasteiger partial charge in [-0.15, -0.1) is 30.4 Å². The third-order valence-electron chi connectivity index (χ3n) is 4.04. The number of anilines is 1. The van der Waals surface area contributed by atoms with Crippen LogP contribution in [-0.2, 0) is 18.4 Å². The van der Waals surface area contributed by atoms with E-state index < -0.39 is 0 Å². The molecule has 0 aliphatic rings. The number of amides is 1. The van der Waals surface area contributed by atoms with E-state index in [2.05, 4.69) is 32.0 Å². The molecule has 27 heavy (non-hydrogen) atoms. The van der Waals surface area contributed by atoms with Crippen LogP contribution in [0.5, 0.6) is 0 Å². The summed E-state index contributed by atoms with van der Waals surface area (Å²) in [4.78, 5) is 16.2. The standard InChI is InChI=1S/C19H24N6O.HI/c1-6-15-8-7-9-16(10-15)23-18(26)12-22-19(20-4)21-11-17-13(2)24-25(5)14(17)3;/h1,7-10H,11-12H2,2-5H3,(H,23,26)(H2,20,21,22);1H. The molecule has 3 N–H and O–H groups in total. The third kappa shape index (κ3) is 6.29. The first-order valence-corrected chi connectivity index (χ1v) is 8.24. The van der Waals surface area contributed by atoms with Crippen molar-refractivity contribution in [2.45, 2.75) is 20.4 Å². The quantitative estimate of drug-likeness (QED) is 0.265. The summed E-state index contributed by atoms with van der Waals surface area (Å²) in [5.41, 5.74) is 4.56. The molecule has 1 aromatic heterocycles. The average Bonchev–Trinajstić information content (AvgIpc) is 2.87. The summed E-state index contributed by atoms with van der Waals surface area (Å²) in [6.45, 7) is 4.66. The topological polar surface area (TPSA) is 83.3 Å². The van der Waals surface area contributed by atoms with Crippen LogP contribution in [0.3, 0.4) is 0 Å². The number of carbonyl (C=O) groups is 1. The lowest BCUT2D eigenvalue weighted by Gasteiger charge is -2.12. The molecule has 0 aliphatic carbocycles. The van der Waals surface area contributed by atoms with Gasteiger partial charge in [-0.2, -0.15) is 5.10 Å². The van der Waals surface area contributed by atoms with E-state index in [0.29, 0.717) is 18.2 Å². The van der Waals surface area contributed by atoms with Crippen molar-refractivity contribution in [1.29, 1.82) is 0 Å². The lowest BCUT2D eigenvalue weighted by Crippen LogP contribution is -2.41. The number of rotatable bonds is 5. The molecule has 0 bridgehead atoms. The van der Waals surface area contributed by atoms with Crippen molar-refractivity contribution in [1.82, 2.24) is 20.4 Å². The molecule has 0 spiro atoms. The summed E-state index contributed by atoms with van der Waals surface area (Å²) in [5.74, 6) is 2.90. The van der Waals surface area contributed by atoms with Crippen molar-refractivity contribution < 1.29 is 4.79 Å². The number of carbonyl (C=O) groups excluding carboxylic acids is 1. The van der Waals surface area contributed by atoms with E-state index in [1.807, 2.05) is 31.6 Å². The highest BCUT2D eigenvalue weighted by atomic mass is 127. The highest BCUT2D eigenvalue weighted by Crippen LogP contribution is 2.11. The predicted octanol–water partition coefficient (Wildman–Crippen LogP) is 1.94. The number of aliphatic imine (C=N–C) groups is 1. The molecule has 1 heterocycles. The monoisotopic (exact) mass is 480 g/mol. The third-order valence-corrected chi connectivity index (χ3v) is 4.04. The molecule has 1 aromatic carbocycles. The number of halogens is 1. The maximum Gasteiger partial charge on any atom is 0.243 e. The van der Waals surface area contributed by atoms with Crippen LogP contribution in [0.15, 0.2) is 29.3 Å². The number of aromatic nitrogens is 2. The number of terminal acetylenes is 1. The zero-order chi connectivity index (χ0) is 19.1. The van der Waals surface area contributed by atoms with Gasteiger partial charge in [0.05, 0.1) is 12.2 Å². The summed E-state index contributed by atoms with van der Waals surface area (Å²) in [7, 11) is 3.57. The first-order valence-electron chi connectivity index (χ1n) is 8.24. The molecule has 2 aromatic rings. The Bertz CT molecular complexity index is 866. The molecule has 0 unspecified atom stereocenters. The Labute approximate surface area is 177 Å². The second-order valence-electron chi connectivity index (χ2n) is 5.83. The van der Waals surface area contributed by atoms with E-state index >= 15 is 0 Å². The fraction of sp³-hybridized carbons (Fsp3) is 0.316. The van der Waals surface area contributed by atoms with Gasteiger partial charge in [0.2, 0.25) is 5.91 Å². The Kier molecular flexibility index (Phi) is 8.81. The van der Waals surface area contributed by atoms with Gasteiger partial charge < -0.3 is 16.0 Å². The zero-order valence-electron chi connectivity index (χ0n) is 16.0. The van der Waals surface area contributed by atoms with Crippen LogP contribution in [0.2, 0.25) is 0 Å². The van der Waals surface area contributed by atoms with Gasteiger partial charge in [-0.25, -0.2) is 0 Å². The summed E-state index contributed by atoms with van der Waals surface area (Å²) in [6, 6.07) is 7.15. The summed E-state index contributed by atoms with van der Waals surface area (Å²) in [6.07, 6.45) is 5.36. The Morgan fingerprint density at radius 1 is 1.33 bits per heavy atom. The van der Waals surface area contributed by atoms with E-state index in [-0.39, 0.29) is 36.4 Å². The Hall–Kier alpha value is -2.54. The lowest BCUT2D eigenvalue weighted by molar-refractivity contribution is -0.115. The molecule has 0 saturated heterocycles. The second kappa shape index (κ2) is 10.6. The van der Waals surface area contributed by atoms with Gasteiger partial charge in [0.15, 0.2) is 5.96 Å². The first-order chi connectivity index (χ1) is 12.4. The summed E-state index contributed by atoms with van der Waals surface area (Å²) >= 11 is 0. The van der Waals surface area contributed by atoms with E-state index in [1.54, 1.807) is 25.2 Å². The minimum Gasteiger partial charge on any atom is -0.352 e. The van der Waals surface area contributed by atoms with Crippen LogP contribution in [0, 0.1) is 26.2 Å². The normalized spacial score (nSPS) is 10.6. The van der Waals surface area contributed by atoms with Crippen molar-refractivity contribution in [2.24, 2.45) is 12.0 Å². The molecule has 0 saturated carbocycles. The average molecular weight is 480 g/mol. The number of hydrogen-bond acceptors (Lipinski definition) is 3. The van der Waals surface area contributed by atoms with E-state index in [4.69, 9.17) is 6.42 Å². The molecule has 1 amide bonds. The highest BCUT2D eigenvalue weighted by molar-refractivity contribution is 14.0. The zero-order valence-corrected chi connectivity index (χ0v) is 18.3. The van der Waals surface area contributed by atoms with Crippen LogP contribution in [-0.4, -0.2) is 35.2 Å². The minimum absolute atomic E-state index is 0. The number of guanidine groups is 1. The SMILES string of the molecule is C#Cc1cccc(NC(=O)CNC(=NC)NCc2c(C)nn(C)c2C)c1.I. The van der Waals surface area contributed by atoms with Gasteiger partial charge in [-0.3, -0.25) is 14.5 Å². The summed E-state index contributed by atoms with van der Waals surface area (Å²) < 4.78 is 1.85. The number of hydrogen-bond donors (Lipinski definition) is 3. The van der Waals surface area contributed by atoms with Gasteiger partial charge in [0.1, 0.15) is 0 Å². The van der Waals surface area contributed by atoms with Crippen molar-refractivity contribution in [3.05, 3.63) is 46.8 Å². The number of benzene rings is 1. The Balaban J connectivity index is 0.00000364. The lowest BCUT2D eigenvalue weighted by atomic mass is 10.2. The predicted molar refractivity (Wildman–Crippen MR) is 119 cm³/mol. The van der Waals surface area contributed by atoms with Crippen molar-refractivity contribution in [2.75, 3.05) is 18.9 Å². The van der Waals surface area contributed by atoms with Gasteiger partial charge in [0, 0.05) is 43.1 Å². The number of nitrogens with zero attached hydrogens (tertiary/aromatic N) is 3. The molecule has 144 valence electrons. The van der Waals surface area contributed by atoms with Crippen molar-refractivity contribution in [3.8, 4) is 12.3 Å². The van der Waals surface area contributed by atoms with E-state index in [0.717, 1.165) is 22.5 Å². The van der Waals surface area contributed by atoms with Gasteiger partial charge in [0.25, 0.3) is 0 Å². The van der Waals surface area contributed by atoms with Crippen molar-refractivity contribution in [3.63, 3.8) is 0 Å². The summed E-state index contributed by atoms with van der Waals surface area (Å²) in [5, 5.41) is 13.4. The Morgan fingerprint density at radius 3 is 2.67 bits per heavy atom. The molecule has 0 fully saturated rings.